The Labute approximate surface area is 92.0 Å². The van der Waals surface area contributed by atoms with Crippen molar-refractivity contribution < 1.29 is 9.53 Å². The third kappa shape index (κ3) is 2.95. The average Bonchev–Trinajstić information content (AvgIpc) is 2.96. The molecule has 2 rings (SSSR count). The van der Waals surface area contributed by atoms with E-state index in [2.05, 4.69) is 15.2 Å². The molecular formula is C9H13N3O2S. The predicted molar refractivity (Wildman–Crippen MR) is 55.7 cm³/mol. The Hall–Kier alpha value is -1.04. The number of nitrogens with zero attached hydrogens (tertiary/aromatic N) is 2. The molecule has 0 atom stereocenters. The number of H-pyrrole nitrogens is 1. The highest BCUT2D eigenvalue weighted by Crippen LogP contribution is 2.38. The maximum Gasteiger partial charge on any atom is 0.316 e. The van der Waals surface area contributed by atoms with Crippen LogP contribution >= 0.6 is 11.8 Å². The van der Waals surface area contributed by atoms with Crippen molar-refractivity contribution in [2.45, 2.75) is 30.8 Å². The maximum absolute atomic E-state index is 11.1. The van der Waals surface area contributed by atoms with E-state index in [9.17, 15) is 4.79 Å². The van der Waals surface area contributed by atoms with Gasteiger partial charge in [-0.1, -0.05) is 11.8 Å². The van der Waals surface area contributed by atoms with Gasteiger partial charge in [-0.05, 0) is 19.8 Å². The number of nitrogens with one attached hydrogen (secondary N) is 1. The molecule has 6 heteroatoms. The number of rotatable bonds is 5. The van der Waals surface area contributed by atoms with E-state index in [1.165, 1.54) is 24.6 Å². The maximum atomic E-state index is 11.1. The number of ether oxygens (including phenoxy) is 1. The lowest BCUT2D eigenvalue weighted by atomic mass is 10.4. The summed E-state index contributed by atoms with van der Waals surface area (Å²) in [4.78, 5) is 15.4. The molecule has 0 saturated heterocycles. The molecule has 5 nitrogen and oxygen atoms in total. The van der Waals surface area contributed by atoms with E-state index in [-0.39, 0.29) is 11.7 Å². The second-order valence-corrected chi connectivity index (χ2v) is 4.31. The van der Waals surface area contributed by atoms with Crippen LogP contribution in [0, 0.1) is 0 Å². The van der Waals surface area contributed by atoms with Crippen LogP contribution in [0.1, 0.15) is 31.5 Å². The van der Waals surface area contributed by atoms with Crippen LogP contribution < -0.4 is 0 Å². The topological polar surface area (TPSA) is 67.9 Å². The van der Waals surface area contributed by atoms with Gasteiger partial charge < -0.3 is 4.74 Å². The van der Waals surface area contributed by atoms with E-state index in [1.807, 2.05) is 0 Å². The van der Waals surface area contributed by atoms with E-state index >= 15 is 0 Å². The quantitative estimate of drug-likeness (QED) is 0.607. The zero-order valence-electron chi connectivity index (χ0n) is 8.52. The molecule has 0 bridgehead atoms. The number of thioether (sulfide) groups is 1. The molecule has 0 unspecified atom stereocenters. The molecule has 1 aliphatic carbocycles. The highest BCUT2D eigenvalue weighted by molar-refractivity contribution is 7.99. The Balaban J connectivity index is 1.80. The number of hydrogen-bond donors (Lipinski definition) is 1. The second-order valence-electron chi connectivity index (χ2n) is 3.37. The van der Waals surface area contributed by atoms with Gasteiger partial charge in [0.25, 0.3) is 0 Å². The first-order chi connectivity index (χ1) is 7.29. The molecule has 1 heterocycles. The number of aromatic amines is 1. The molecule has 15 heavy (non-hydrogen) atoms. The summed E-state index contributed by atoms with van der Waals surface area (Å²) in [6.45, 7) is 2.21. The molecular weight excluding hydrogens is 214 g/mol. The van der Waals surface area contributed by atoms with Crippen molar-refractivity contribution in [3.05, 3.63) is 5.82 Å². The molecule has 0 spiro atoms. The Morgan fingerprint density at radius 2 is 2.47 bits per heavy atom. The fourth-order valence-corrected chi connectivity index (χ4v) is 1.79. The van der Waals surface area contributed by atoms with Crippen molar-refractivity contribution in [1.82, 2.24) is 15.2 Å². The van der Waals surface area contributed by atoms with Gasteiger partial charge in [-0.25, -0.2) is 4.98 Å². The van der Waals surface area contributed by atoms with Crippen molar-refractivity contribution in [2.75, 3.05) is 12.4 Å². The normalized spacial score (nSPS) is 15.3. The van der Waals surface area contributed by atoms with Gasteiger partial charge in [0.05, 0.1) is 12.4 Å². The van der Waals surface area contributed by atoms with Gasteiger partial charge in [-0.2, -0.15) is 0 Å². The molecule has 1 aromatic rings. The number of carbonyl (C=O) groups excluding carboxylic acids is 1. The lowest BCUT2D eigenvalue weighted by Crippen LogP contribution is -2.06. The highest BCUT2D eigenvalue weighted by atomic mass is 32.2. The molecule has 0 aliphatic heterocycles. The smallest absolute Gasteiger partial charge is 0.316 e. The van der Waals surface area contributed by atoms with Crippen LogP contribution in [0.2, 0.25) is 0 Å². The summed E-state index contributed by atoms with van der Waals surface area (Å²) in [6, 6.07) is 0. The number of esters is 1. The summed E-state index contributed by atoms with van der Waals surface area (Å²) >= 11 is 1.31. The fraction of sp³-hybridized carbons (Fsp3) is 0.667. The van der Waals surface area contributed by atoms with Gasteiger partial charge in [-0.3, -0.25) is 9.89 Å². The number of carbonyl (C=O) groups is 1. The van der Waals surface area contributed by atoms with Crippen molar-refractivity contribution in [3.8, 4) is 0 Å². The van der Waals surface area contributed by atoms with E-state index < -0.39 is 0 Å². The van der Waals surface area contributed by atoms with Gasteiger partial charge in [0.1, 0.15) is 5.82 Å². The first kappa shape index (κ1) is 10.5. The Morgan fingerprint density at radius 1 is 1.67 bits per heavy atom. The lowest BCUT2D eigenvalue weighted by molar-refractivity contribution is -0.139. The first-order valence-electron chi connectivity index (χ1n) is 5.00. The van der Waals surface area contributed by atoms with Gasteiger partial charge in [0.2, 0.25) is 5.16 Å². The van der Waals surface area contributed by atoms with E-state index in [0.29, 0.717) is 17.7 Å². The predicted octanol–water partition coefficient (Wildman–Crippen LogP) is 1.34. The fourth-order valence-electron chi connectivity index (χ4n) is 1.19. The number of hydrogen-bond acceptors (Lipinski definition) is 5. The van der Waals surface area contributed by atoms with Gasteiger partial charge >= 0.3 is 5.97 Å². The molecule has 1 saturated carbocycles. The minimum Gasteiger partial charge on any atom is -0.465 e. The van der Waals surface area contributed by atoms with Crippen molar-refractivity contribution >= 4 is 17.7 Å². The lowest BCUT2D eigenvalue weighted by Gasteiger charge is -1.97. The Kier molecular flexibility index (Phi) is 3.25. The summed E-state index contributed by atoms with van der Waals surface area (Å²) in [6.07, 6.45) is 2.38. The van der Waals surface area contributed by atoms with Crippen molar-refractivity contribution in [1.29, 1.82) is 0 Å². The SMILES string of the molecule is CCOC(=O)CSc1n[nH]c(C2CC2)n1. The zero-order valence-corrected chi connectivity index (χ0v) is 9.34. The molecule has 1 fully saturated rings. The molecule has 0 aromatic carbocycles. The van der Waals surface area contributed by atoms with Crippen molar-refractivity contribution in [2.24, 2.45) is 0 Å². The third-order valence-corrected chi connectivity index (χ3v) is 2.89. The van der Waals surface area contributed by atoms with Gasteiger partial charge in [-0.15, -0.1) is 5.10 Å². The summed E-state index contributed by atoms with van der Waals surface area (Å²) in [7, 11) is 0. The largest absolute Gasteiger partial charge is 0.465 e. The Bertz CT molecular complexity index is 349. The minimum absolute atomic E-state index is 0.222. The summed E-state index contributed by atoms with van der Waals surface area (Å²) in [5.74, 6) is 1.56. The van der Waals surface area contributed by atoms with Crippen LogP contribution in [0.5, 0.6) is 0 Å². The molecule has 1 N–H and O–H groups in total. The summed E-state index contributed by atoms with van der Waals surface area (Å²) < 4.78 is 4.80. The molecule has 0 amide bonds. The van der Waals surface area contributed by atoms with Crippen LogP contribution in [-0.2, 0) is 9.53 Å². The van der Waals surface area contributed by atoms with Gasteiger partial charge in [0, 0.05) is 5.92 Å². The van der Waals surface area contributed by atoms with E-state index in [4.69, 9.17) is 4.74 Å². The Morgan fingerprint density at radius 3 is 3.13 bits per heavy atom. The average molecular weight is 227 g/mol. The number of aromatic nitrogens is 3. The minimum atomic E-state index is -0.222. The van der Waals surface area contributed by atoms with Gasteiger partial charge in [0.15, 0.2) is 0 Å². The second kappa shape index (κ2) is 4.65. The first-order valence-corrected chi connectivity index (χ1v) is 5.99. The van der Waals surface area contributed by atoms with Crippen LogP contribution in [0.4, 0.5) is 0 Å². The van der Waals surface area contributed by atoms with Crippen LogP contribution in [0.25, 0.3) is 0 Å². The monoisotopic (exact) mass is 227 g/mol. The van der Waals surface area contributed by atoms with Crippen molar-refractivity contribution in [3.63, 3.8) is 0 Å². The summed E-state index contributed by atoms with van der Waals surface area (Å²) in [5.41, 5.74) is 0. The standard InChI is InChI=1S/C9H13N3O2S/c1-2-14-7(13)5-15-9-10-8(11-12-9)6-3-4-6/h6H,2-5H2,1H3,(H,10,11,12). The van der Waals surface area contributed by atoms with Crippen LogP contribution in [-0.4, -0.2) is 33.5 Å². The zero-order chi connectivity index (χ0) is 10.7. The van der Waals surface area contributed by atoms with E-state index in [0.717, 1.165) is 5.82 Å². The van der Waals surface area contributed by atoms with Crippen LogP contribution in [0.3, 0.4) is 0 Å². The highest BCUT2D eigenvalue weighted by Gasteiger charge is 2.27. The van der Waals surface area contributed by atoms with E-state index in [1.54, 1.807) is 6.92 Å². The van der Waals surface area contributed by atoms with Crippen LogP contribution in [0.15, 0.2) is 5.16 Å². The third-order valence-electron chi connectivity index (χ3n) is 2.07. The molecule has 1 aromatic heterocycles. The summed E-state index contributed by atoms with van der Waals surface area (Å²) in [5, 5.41) is 7.55. The molecule has 0 radical (unpaired) electrons. The molecule has 1 aliphatic rings. The molecule has 82 valence electrons.